The van der Waals surface area contributed by atoms with Gasteiger partial charge in [-0.1, -0.05) is 19.8 Å². The van der Waals surface area contributed by atoms with Crippen molar-refractivity contribution in [1.82, 2.24) is 30.0 Å². The Morgan fingerprint density at radius 1 is 1.18 bits per heavy atom. The van der Waals surface area contributed by atoms with Crippen LogP contribution in [0.3, 0.4) is 0 Å². The van der Waals surface area contributed by atoms with Crippen molar-refractivity contribution in [1.29, 1.82) is 5.26 Å². The van der Waals surface area contributed by atoms with Crippen LogP contribution >= 0.6 is 0 Å². The predicted octanol–water partition coefficient (Wildman–Crippen LogP) is 4.33. The summed E-state index contributed by atoms with van der Waals surface area (Å²) in [5.41, 5.74) is 2.77. The summed E-state index contributed by atoms with van der Waals surface area (Å²) in [7, 11) is 3.34. The van der Waals surface area contributed by atoms with Crippen molar-refractivity contribution in [3.05, 3.63) is 54.5 Å². The summed E-state index contributed by atoms with van der Waals surface area (Å²) in [6.07, 6.45) is 11.1. The molecular weight excluding hydrogens is 480 g/mol. The molecule has 1 aromatic carbocycles. The Balaban J connectivity index is 1.43. The van der Waals surface area contributed by atoms with Crippen LogP contribution in [-0.4, -0.2) is 56.6 Å². The Morgan fingerprint density at radius 3 is 2.58 bits per heavy atom. The fraction of sp³-hybridized carbons (Fsp3) is 0.429. The van der Waals surface area contributed by atoms with E-state index in [9.17, 15) is 14.9 Å². The minimum absolute atomic E-state index is 0.0833. The lowest BCUT2D eigenvalue weighted by molar-refractivity contribution is -0.130. The molecule has 0 aliphatic heterocycles. The van der Waals surface area contributed by atoms with Gasteiger partial charge in [0.1, 0.15) is 6.04 Å². The number of likely N-dealkylation sites (N-methyl/N-ethyl adjacent to an activating group) is 1. The fourth-order valence-electron chi connectivity index (χ4n) is 4.87. The standard InChI is InChI=1S/C28H34N8O2/c1-4-23(27(38)35(2)3)33-26(37)20-9-11-22(12-10-20)32-28-30-16-14-24(34-28)21-17-31-36(18-21)25(13-15-29)19-7-5-6-8-19/h9-12,14,16-19,23,25H,4-8,13H2,1-3H3,(H,33,37)(H,30,32,34). The molecule has 0 spiro atoms. The third kappa shape index (κ3) is 6.35. The normalized spacial score (nSPS) is 14.9. The molecule has 1 aliphatic carbocycles. The van der Waals surface area contributed by atoms with Crippen molar-refractivity contribution in [3.63, 3.8) is 0 Å². The van der Waals surface area contributed by atoms with Crippen LogP contribution in [0.15, 0.2) is 48.9 Å². The molecule has 0 saturated heterocycles. The quantitative estimate of drug-likeness (QED) is 0.412. The summed E-state index contributed by atoms with van der Waals surface area (Å²) in [6.45, 7) is 1.86. The second kappa shape index (κ2) is 12.3. The van der Waals surface area contributed by atoms with Crippen LogP contribution in [0.1, 0.15) is 61.8 Å². The smallest absolute Gasteiger partial charge is 0.251 e. The number of benzene rings is 1. The van der Waals surface area contributed by atoms with Gasteiger partial charge in [-0.05, 0) is 55.5 Å². The van der Waals surface area contributed by atoms with Crippen molar-refractivity contribution >= 4 is 23.5 Å². The maximum absolute atomic E-state index is 12.6. The average molecular weight is 515 g/mol. The van der Waals surface area contributed by atoms with Crippen LogP contribution in [-0.2, 0) is 4.79 Å². The van der Waals surface area contributed by atoms with Gasteiger partial charge in [-0.25, -0.2) is 9.97 Å². The molecule has 3 aromatic rings. The van der Waals surface area contributed by atoms with Crippen molar-refractivity contribution in [2.45, 2.75) is 57.5 Å². The number of aromatic nitrogens is 4. The number of carbonyl (C=O) groups is 2. The number of hydrogen-bond acceptors (Lipinski definition) is 7. The number of anilines is 2. The SMILES string of the molecule is CCC(NC(=O)c1ccc(Nc2nccc(-c3cnn(C(CC#N)C4CCCC4)c3)n2)cc1)C(=O)N(C)C. The third-order valence-electron chi connectivity index (χ3n) is 6.99. The highest BCUT2D eigenvalue weighted by Gasteiger charge is 2.27. The Kier molecular flexibility index (Phi) is 8.69. The molecule has 2 atom stereocenters. The summed E-state index contributed by atoms with van der Waals surface area (Å²) >= 11 is 0. The molecule has 2 unspecified atom stereocenters. The zero-order chi connectivity index (χ0) is 27.1. The number of carbonyl (C=O) groups excluding carboxylic acids is 2. The second-order valence-corrected chi connectivity index (χ2v) is 9.82. The number of nitriles is 1. The molecule has 1 aliphatic rings. The molecule has 10 nitrogen and oxygen atoms in total. The zero-order valence-electron chi connectivity index (χ0n) is 22.1. The van der Waals surface area contributed by atoms with Gasteiger partial charge < -0.3 is 15.5 Å². The topological polar surface area (TPSA) is 129 Å². The van der Waals surface area contributed by atoms with E-state index in [0.29, 0.717) is 30.3 Å². The van der Waals surface area contributed by atoms with Gasteiger partial charge in [0.25, 0.3) is 5.91 Å². The zero-order valence-corrected chi connectivity index (χ0v) is 22.1. The van der Waals surface area contributed by atoms with E-state index in [4.69, 9.17) is 0 Å². The van der Waals surface area contributed by atoms with Crippen LogP contribution < -0.4 is 10.6 Å². The summed E-state index contributed by atoms with van der Waals surface area (Å²) in [5.74, 6) is 0.456. The van der Waals surface area contributed by atoms with Crippen LogP contribution in [0, 0.1) is 17.2 Å². The molecule has 38 heavy (non-hydrogen) atoms. The lowest BCUT2D eigenvalue weighted by Crippen LogP contribution is -2.45. The van der Waals surface area contributed by atoms with E-state index in [0.717, 1.165) is 29.8 Å². The highest BCUT2D eigenvalue weighted by atomic mass is 16.2. The molecule has 2 amide bonds. The minimum atomic E-state index is -0.566. The first kappa shape index (κ1) is 26.8. The Labute approximate surface area is 223 Å². The van der Waals surface area contributed by atoms with E-state index < -0.39 is 6.04 Å². The first-order valence-corrected chi connectivity index (χ1v) is 13.0. The van der Waals surface area contributed by atoms with Gasteiger partial charge in [0.05, 0.1) is 30.4 Å². The molecule has 4 rings (SSSR count). The molecule has 0 radical (unpaired) electrons. The molecule has 198 valence electrons. The van der Waals surface area contributed by atoms with E-state index >= 15 is 0 Å². The highest BCUT2D eigenvalue weighted by molar-refractivity contribution is 5.97. The van der Waals surface area contributed by atoms with E-state index in [1.54, 1.807) is 50.8 Å². The average Bonchev–Trinajstić information content (AvgIpc) is 3.63. The predicted molar refractivity (Wildman–Crippen MR) is 144 cm³/mol. The second-order valence-electron chi connectivity index (χ2n) is 9.82. The van der Waals surface area contributed by atoms with Crippen molar-refractivity contribution in [2.75, 3.05) is 19.4 Å². The van der Waals surface area contributed by atoms with Gasteiger partial charge in [0.15, 0.2) is 0 Å². The van der Waals surface area contributed by atoms with Crippen LogP contribution in [0.2, 0.25) is 0 Å². The first-order chi connectivity index (χ1) is 18.4. The number of rotatable bonds is 10. The van der Waals surface area contributed by atoms with Crippen LogP contribution in [0.25, 0.3) is 11.3 Å². The largest absolute Gasteiger partial charge is 0.347 e. The lowest BCUT2D eigenvalue weighted by atomic mass is 9.96. The molecular formula is C28H34N8O2. The van der Waals surface area contributed by atoms with Crippen LogP contribution in [0.4, 0.5) is 11.6 Å². The molecule has 10 heteroatoms. The summed E-state index contributed by atoms with van der Waals surface area (Å²) in [4.78, 5) is 35.3. The highest BCUT2D eigenvalue weighted by Crippen LogP contribution is 2.36. The molecule has 2 N–H and O–H groups in total. The fourth-order valence-corrected chi connectivity index (χ4v) is 4.87. The summed E-state index contributed by atoms with van der Waals surface area (Å²) in [5, 5.41) is 19.9. The minimum Gasteiger partial charge on any atom is -0.347 e. The molecule has 2 aromatic heterocycles. The Bertz CT molecular complexity index is 1290. The van der Waals surface area contributed by atoms with Crippen molar-refractivity contribution in [2.24, 2.45) is 5.92 Å². The maximum Gasteiger partial charge on any atom is 0.251 e. The van der Waals surface area contributed by atoms with Gasteiger partial charge in [-0.2, -0.15) is 10.4 Å². The third-order valence-corrected chi connectivity index (χ3v) is 6.99. The van der Waals surface area contributed by atoms with Gasteiger partial charge in [-0.15, -0.1) is 0 Å². The van der Waals surface area contributed by atoms with E-state index in [1.165, 1.54) is 17.7 Å². The van der Waals surface area contributed by atoms with Gasteiger partial charge >= 0.3 is 0 Å². The number of nitrogens with one attached hydrogen (secondary N) is 2. The maximum atomic E-state index is 12.6. The summed E-state index contributed by atoms with van der Waals surface area (Å²) < 4.78 is 1.92. The molecule has 0 bridgehead atoms. The lowest BCUT2D eigenvalue weighted by Gasteiger charge is -2.21. The Morgan fingerprint density at radius 2 is 1.92 bits per heavy atom. The monoisotopic (exact) mass is 514 g/mol. The molecule has 1 saturated carbocycles. The van der Waals surface area contributed by atoms with Gasteiger partial charge in [0.2, 0.25) is 11.9 Å². The van der Waals surface area contributed by atoms with E-state index in [1.807, 2.05) is 23.9 Å². The number of hydrogen-bond donors (Lipinski definition) is 2. The summed E-state index contributed by atoms with van der Waals surface area (Å²) in [6, 6.07) is 10.6. The molecule has 2 heterocycles. The Hall–Kier alpha value is -4.26. The van der Waals surface area contributed by atoms with Crippen molar-refractivity contribution in [3.8, 4) is 17.3 Å². The van der Waals surface area contributed by atoms with E-state index in [2.05, 4.69) is 31.8 Å². The number of nitrogens with zero attached hydrogens (tertiary/aromatic N) is 6. The molecule has 1 fully saturated rings. The van der Waals surface area contributed by atoms with Crippen molar-refractivity contribution < 1.29 is 9.59 Å². The first-order valence-electron chi connectivity index (χ1n) is 13.0. The van der Waals surface area contributed by atoms with Crippen LogP contribution in [0.5, 0.6) is 0 Å². The van der Waals surface area contributed by atoms with E-state index in [-0.39, 0.29) is 17.9 Å². The number of amides is 2. The van der Waals surface area contributed by atoms with Gasteiger partial charge in [0, 0.05) is 43.3 Å². The van der Waals surface area contributed by atoms with Gasteiger partial charge in [-0.3, -0.25) is 14.3 Å².